The van der Waals surface area contributed by atoms with Gasteiger partial charge in [0.05, 0.1) is 6.10 Å². The molecule has 2 rings (SSSR count). The standard InChI is InChI=1S/C14H16F2O2/c15-11-7-10(8-12(16)9-11)14(17)5-4-13-3-1-2-6-18-13/h7-9,13H,1-6H2. The number of carbonyl (C=O) groups excluding carboxylic acids is 1. The quantitative estimate of drug-likeness (QED) is 0.769. The summed E-state index contributed by atoms with van der Waals surface area (Å²) in [7, 11) is 0. The minimum Gasteiger partial charge on any atom is -0.378 e. The molecule has 1 aromatic rings. The highest BCUT2D eigenvalue weighted by atomic mass is 19.1. The summed E-state index contributed by atoms with van der Waals surface area (Å²) in [5, 5.41) is 0. The molecule has 0 aliphatic carbocycles. The lowest BCUT2D eigenvalue weighted by molar-refractivity contribution is 0.0104. The van der Waals surface area contributed by atoms with Crippen molar-refractivity contribution in [2.45, 2.75) is 38.2 Å². The number of carbonyl (C=O) groups is 1. The van der Waals surface area contributed by atoms with Gasteiger partial charge >= 0.3 is 0 Å². The molecule has 0 spiro atoms. The van der Waals surface area contributed by atoms with Crippen LogP contribution in [-0.4, -0.2) is 18.5 Å². The van der Waals surface area contributed by atoms with E-state index < -0.39 is 11.6 Å². The molecule has 1 saturated heterocycles. The Hall–Kier alpha value is -1.29. The first-order valence-corrected chi connectivity index (χ1v) is 6.26. The van der Waals surface area contributed by atoms with Crippen LogP contribution in [0.4, 0.5) is 8.78 Å². The average molecular weight is 254 g/mol. The maximum absolute atomic E-state index is 13.0. The van der Waals surface area contributed by atoms with Crippen LogP contribution in [0.3, 0.4) is 0 Å². The van der Waals surface area contributed by atoms with Gasteiger partial charge in [0.25, 0.3) is 0 Å². The zero-order valence-electron chi connectivity index (χ0n) is 10.1. The number of benzene rings is 1. The van der Waals surface area contributed by atoms with Crippen LogP contribution in [0.2, 0.25) is 0 Å². The molecule has 4 heteroatoms. The van der Waals surface area contributed by atoms with E-state index in [1.54, 1.807) is 0 Å². The van der Waals surface area contributed by atoms with Gasteiger partial charge < -0.3 is 4.74 Å². The molecule has 1 atom stereocenters. The summed E-state index contributed by atoms with van der Waals surface area (Å²) in [6.45, 7) is 0.744. The van der Waals surface area contributed by atoms with Crippen LogP contribution in [0, 0.1) is 11.6 Å². The van der Waals surface area contributed by atoms with E-state index in [0.29, 0.717) is 6.42 Å². The fourth-order valence-electron chi connectivity index (χ4n) is 2.19. The molecule has 2 nitrogen and oxygen atoms in total. The van der Waals surface area contributed by atoms with E-state index >= 15 is 0 Å². The second kappa shape index (κ2) is 6.05. The lowest BCUT2D eigenvalue weighted by Gasteiger charge is -2.22. The van der Waals surface area contributed by atoms with Crippen LogP contribution < -0.4 is 0 Å². The largest absolute Gasteiger partial charge is 0.378 e. The van der Waals surface area contributed by atoms with Crippen molar-refractivity contribution in [1.29, 1.82) is 0 Å². The van der Waals surface area contributed by atoms with Crippen molar-refractivity contribution in [1.82, 2.24) is 0 Å². The Morgan fingerprint density at radius 2 is 1.94 bits per heavy atom. The maximum atomic E-state index is 13.0. The third-order valence-electron chi connectivity index (χ3n) is 3.15. The van der Waals surface area contributed by atoms with Crippen LogP contribution in [0.1, 0.15) is 42.5 Å². The summed E-state index contributed by atoms with van der Waals surface area (Å²) in [5.41, 5.74) is 0.100. The zero-order chi connectivity index (χ0) is 13.0. The number of hydrogen-bond acceptors (Lipinski definition) is 2. The molecule has 18 heavy (non-hydrogen) atoms. The SMILES string of the molecule is O=C(CCC1CCCCO1)c1cc(F)cc(F)c1. The van der Waals surface area contributed by atoms with Gasteiger partial charge in [-0.1, -0.05) is 0 Å². The predicted molar refractivity (Wildman–Crippen MR) is 63.5 cm³/mol. The average Bonchev–Trinajstić information content (AvgIpc) is 2.36. The molecule has 0 amide bonds. The highest BCUT2D eigenvalue weighted by Gasteiger charge is 2.16. The second-order valence-electron chi connectivity index (χ2n) is 4.61. The summed E-state index contributed by atoms with van der Waals surface area (Å²) in [6.07, 6.45) is 4.16. The topological polar surface area (TPSA) is 26.3 Å². The normalized spacial score (nSPS) is 19.8. The first-order chi connectivity index (χ1) is 8.65. The fourth-order valence-corrected chi connectivity index (χ4v) is 2.19. The van der Waals surface area contributed by atoms with Gasteiger partial charge in [-0.2, -0.15) is 0 Å². The van der Waals surface area contributed by atoms with Crippen LogP contribution in [0.15, 0.2) is 18.2 Å². The number of halogens is 2. The molecule has 0 aromatic heterocycles. The van der Waals surface area contributed by atoms with Gasteiger partial charge in [-0.05, 0) is 37.8 Å². The minimum atomic E-state index is -0.715. The lowest BCUT2D eigenvalue weighted by atomic mass is 10.0. The second-order valence-corrected chi connectivity index (χ2v) is 4.61. The molecule has 1 aliphatic rings. The molecule has 98 valence electrons. The Balaban J connectivity index is 1.90. The molecule has 1 heterocycles. The van der Waals surface area contributed by atoms with Crippen LogP contribution in [0.25, 0.3) is 0 Å². The maximum Gasteiger partial charge on any atom is 0.163 e. The van der Waals surface area contributed by atoms with Gasteiger partial charge in [-0.3, -0.25) is 4.79 Å². The summed E-state index contributed by atoms with van der Waals surface area (Å²) in [5.74, 6) is -1.66. The van der Waals surface area contributed by atoms with Crippen LogP contribution >= 0.6 is 0 Å². The molecule has 1 aromatic carbocycles. The van der Waals surface area contributed by atoms with Crippen molar-refractivity contribution in [2.24, 2.45) is 0 Å². The molecule has 0 N–H and O–H groups in total. The first kappa shape index (κ1) is 13.1. The lowest BCUT2D eigenvalue weighted by Crippen LogP contribution is -2.20. The molecule has 1 unspecified atom stereocenters. The Kier molecular flexibility index (Phi) is 4.42. The summed E-state index contributed by atoms with van der Waals surface area (Å²) in [4.78, 5) is 11.8. The van der Waals surface area contributed by atoms with Gasteiger partial charge in [0.15, 0.2) is 5.78 Å². The Morgan fingerprint density at radius 1 is 1.22 bits per heavy atom. The van der Waals surface area contributed by atoms with E-state index in [2.05, 4.69) is 0 Å². The molecule has 0 radical (unpaired) electrons. The number of ketones is 1. The highest BCUT2D eigenvalue weighted by Crippen LogP contribution is 2.19. The molecule has 1 aliphatic heterocycles. The molecule has 0 saturated carbocycles. The fraction of sp³-hybridized carbons (Fsp3) is 0.500. The van der Waals surface area contributed by atoms with Crippen molar-refractivity contribution in [3.8, 4) is 0 Å². The number of rotatable bonds is 4. The van der Waals surface area contributed by atoms with E-state index in [1.807, 2.05) is 0 Å². The molecule has 0 bridgehead atoms. The van der Waals surface area contributed by atoms with Gasteiger partial charge in [-0.15, -0.1) is 0 Å². The minimum absolute atomic E-state index is 0.100. The number of Topliss-reactive ketones (excluding diaryl/α,β-unsaturated/α-hetero) is 1. The van der Waals surface area contributed by atoms with E-state index in [0.717, 1.165) is 44.1 Å². The van der Waals surface area contributed by atoms with Crippen LogP contribution in [0.5, 0.6) is 0 Å². The van der Waals surface area contributed by atoms with E-state index in [9.17, 15) is 13.6 Å². The third-order valence-corrected chi connectivity index (χ3v) is 3.15. The monoisotopic (exact) mass is 254 g/mol. The van der Waals surface area contributed by atoms with E-state index in [-0.39, 0.29) is 23.9 Å². The zero-order valence-corrected chi connectivity index (χ0v) is 10.1. The molecule has 1 fully saturated rings. The van der Waals surface area contributed by atoms with Crippen molar-refractivity contribution in [2.75, 3.05) is 6.61 Å². The predicted octanol–water partition coefficient (Wildman–Crippen LogP) is 3.50. The summed E-state index contributed by atoms with van der Waals surface area (Å²) >= 11 is 0. The van der Waals surface area contributed by atoms with E-state index in [1.165, 1.54) is 0 Å². The Morgan fingerprint density at radius 3 is 2.56 bits per heavy atom. The van der Waals surface area contributed by atoms with Crippen molar-refractivity contribution < 1.29 is 18.3 Å². The van der Waals surface area contributed by atoms with E-state index in [4.69, 9.17) is 4.74 Å². The van der Waals surface area contributed by atoms with Crippen LogP contribution in [-0.2, 0) is 4.74 Å². The third kappa shape index (κ3) is 3.60. The molecular weight excluding hydrogens is 238 g/mol. The van der Waals surface area contributed by atoms with Gasteiger partial charge in [0, 0.05) is 24.7 Å². The summed E-state index contributed by atoms with van der Waals surface area (Å²) < 4.78 is 31.4. The summed E-state index contributed by atoms with van der Waals surface area (Å²) in [6, 6.07) is 2.92. The molecular formula is C14H16F2O2. The van der Waals surface area contributed by atoms with Crippen molar-refractivity contribution >= 4 is 5.78 Å². The van der Waals surface area contributed by atoms with Gasteiger partial charge in [-0.25, -0.2) is 8.78 Å². The Labute approximate surface area is 105 Å². The number of hydrogen-bond donors (Lipinski definition) is 0. The number of ether oxygens (including phenoxy) is 1. The van der Waals surface area contributed by atoms with Gasteiger partial charge in [0.1, 0.15) is 11.6 Å². The van der Waals surface area contributed by atoms with Crippen molar-refractivity contribution in [3.05, 3.63) is 35.4 Å². The smallest absolute Gasteiger partial charge is 0.163 e. The van der Waals surface area contributed by atoms with Gasteiger partial charge in [0.2, 0.25) is 0 Å². The Bertz CT molecular complexity index is 406. The highest BCUT2D eigenvalue weighted by molar-refractivity contribution is 5.96. The van der Waals surface area contributed by atoms with Crippen molar-refractivity contribution in [3.63, 3.8) is 0 Å². The first-order valence-electron chi connectivity index (χ1n) is 6.26.